The fourth-order valence-electron chi connectivity index (χ4n) is 3.46. The van der Waals surface area contributed by atoms with Crippen molar-refractivity contribution in [2.24, 2.45) is 5.73 Å². The molecule has 1 aliphatic carbocycles. The zero-order valence-corrected chi connectivity index (χ0v) is 12.1. The molecular weight excluding hydrogens is 224 g/mol. The first-order chi connectivity index (χ1) is 8.69. The molecule has 18 heavy (non-hydrogen) atoms. The second-order valence-electron chi connectivity index (χ2n) is 6.21. The van der Waals surface area contributed by atoms with Crippen LogP contribution in [0.2, 0.25) is 0 Å². The molecule has 0 aromatic carbocycles. The Kier molecular flexibility index (Phi) is 5.46. The van der Waals surface area contributed by atoms with Crippen molar-refractivity contribution < 1.29 is 4.74 Å². The van der Waals surface area contributed by atoms with Gasteiger partial charge >= 0.3 is 0 Å². The smallest absolute Gasteiger partial charge is 0.0706 e. The van der Waals surface area contributed by atoms with Crippen LogP contribution in [0, 0.1) is 0 Å². The van der Waals surface area contributed by atoms with Gasteiger partial charge in [0, 0.05) is 18.6 Å². The summed E-state index contributed by atoms with van der Waals surface area (Å²) in [6, 6.07) is 1.21. The molecule has 106 valence electrons. The van der Waals surface area contributed by atoms with Gasteiger partial charge in [-0.3, -0.25) is 4.90 Å². The first-order valence-corrected chi connectivity index (χ1v) is 7.84. The monoisotopic (exact) mass is 254 g/mol. The molecule has 2 fully saturated rings. The average Bonchev–Trinajstić information content (AvgIpc) is 2.75. The highest BCUT2D eigenvalue weighted by atomic mass is 16.5. The van der Waals surface area contributed by atoms with Crippen molar-refractivity contribution >= 4 is 0 Å². The second kappa shape index (κ2) is 6.88. The summed E-state index contributed by atoms with van der Waals surface area (Å²) in [5, 5.41) is 0. The van der Waals surface area contributed by atoms with Gasteiger partial charge in [-0.25, -0.2) is 0 Å². The number of hydrogen-bond donors (Lipinski definition) is 1. The maximum absolute atomic E-state index is 6.01. The topological polar surface area (TPSA) is 38.5 Å². The van der Waals surface area contributed by atoms with E-state index in [2.05, 4.69) is 18.7 Å². The highest BCUT2D eigenvalue weighted by Gasteiger charge is 2.28. The van der Waals surface area contributed by atoms with E-state index in [-0.39, 0.29) is 0 Å². The summed E-state index contributed by atoms with van der Waals surface area (Å²) in [6.07, 6.45) is 9.63. The Hall–Kier alpha value is -0.120. The molecule has 0 bridgehead atoms. The highest BCUT2D eigenvalue weighted by Crippen LogP contribution is 2.25. The molecule has 2 rings (SSSR count). The van der Waals surface area contributed by atoms with Crippen LogP contribution in [-0.4, -0.2) is 42.3 Å². The van der Waals surface area contributed by atoms with Crippen LogP contribution in [0.4, 0.5) is 0 Å². The normalized spacial score (nSPS) is 37.3. The molecule has 1 saturated carbocycles. The Bertz CT molecular complexity index is 239. The van der Waals surface area contributed by atoms with Crippen molar-refractivity contribution in [3.05, 3.63) is 0 Å². The molecule has 0 spiro atoms. The Morgan fingerprint density at radius 3 is 2.39 bits per heavy atom. The number of hydrogen-bond acceptors (Lipinski definition) is 3. The zero-order valence-electron chi connectivity index (χ0n) is 12.1. The third-order valence-electron chi connectivity index (χ3n) is 4.53. The van der Waals surface area contributed by atoms with Gasteiger partial charge in [0.1, 0.15) is 0 Å². The van der Waals surface area contributed by atoms with Gasteiger partial charge in [-0.1, -0.05) is 6.92 Å². The van der Waals surface area contributed by atoms with Crippen molar-refractivity contribution in [1.29, 1.82) is 0 Å². The summed E-state index contributed by atoms with van der Waals surface area (Å²) >= 11 is 0. The molecule has 0 aromatic rings. The van der Waals surface area contributed by atoms with E-state index in [9.17, 15) is 0 Å². The first-order valence-electron chi connectivity index (χ1n) is 7.84. The predicted molar refractivity (Wildman–Crippen MR) is 75.7 cm³/mol. The van der Waals surface area contributed by atoms with Crippen LogP contribution in [0.5, 0.6) is 0 Å². The lowest BCUT2D eigenvalue weighted by Gasteiger charge is -2.37. The standard InChI is InChI=1S/C15H30N2O/c1-3-10-17(11-15-9-4-12(2)18-15)14-7-5-13(16)6-8-14/h12-15H,3-11,16H2,1-2H3. The molecular formula is C15H30N2O. The number of ether oxygens (including phenoxy) is 1. The lowest BCUT2D eigenvalue weighted by atomic mass is 9.90. The SMILES string of the molecule is CCCN(CC1CCC(C)O1)C1CCC(N)CC1. The van der Waals surface area contributed by atoms with Gasteiger partial charge in [-0.15, -0.1) is 0 Å². The zero-order chi connectivity index (χ0) is 13.0. The molecule has 0 radical (unpaired) electrons. The number of nitrogens with zero attached hydrogens (tertiary/aromatic N) is 1. The third-order valence-corrected chi connectivity index (χ3v) is 4.53. The van der Waals surface area contributed by atoms with E-state index >= 15 is 0 Å². The molecule has 3 nitrogen and oxygen atoms in total. The van der Waals surface area contributed by atoms with Gasteiger partial charge in [0.25, 0.3) is 0 Å². The minimum atomic E-state index is 0.451. The van der Waals surface area contributed by atoms with Gasteiger partial charge in [-0.2, -0.15) is 0 Å². The van der Waals surface area contributed by atoms with Crippen LogP contribution >= 0.6 is 0 Å². The van der Waals surface area contributed by atoms with Crippen LogP contribution < -0.4 is 5.73 Å². The quantitative estimate of drug-likeness (QED) is 0.819. The number of nitrogens with two attached hydrogens (primary N) is 1. The first kappa shape index (κ1) is 14.3. The average molecular weight is 254 g/mol. The third kappa shape index (κ3) is 3.94. The fraction of sp³-hybridized carbons (Fsp3) is 1.00. The van der Waals surface area contributed by atoms with Gasteiger partial charge in [0.2, 0.25) is 0 Å². The fourth-order valence-corrected chi connectivity index (χ4v) is 3.46. The van der Waals surface area contributed by atoms with E-state index in [1.54, 1.807) is 0 Å². The molecule has 1 aliphatic heterocycles. The van der Waals surface area contributed by atoms with E-state index in [1.807, 2.05) is 0 Å². The van der Waals surface area contributed by atoms with E-state index in [1.165, 1.54) is 51.5 Å². The summed E-state index contributed by atoms with van der Waals surface area (Å²) in [5.74, 6) is 0. The van der Waals surface area contributed by atoms with E-state index in [0.29, 0.717) is 18.2 Å². The van der Waals surface area contributed by atoms with Crippen LogP contribution in [0.15, 0.2) is 0 Å². The molecule has 0 aromatic heterocycles. The van der Waals surface area contributed by atoms with Crippen molar-refractivity contribution in [1.82, 2.24) is 4.90 Å². The van der Waals surface area contributed by atoms with Crippen molar-refractivity contribution in [3.63, 3.8) is 0 Å². The molecule has 2 atom stereocenters. The Balaban J connectivity index is 1.83. The van der Waals surface area contributed by atoms with E-state index in [4.69, 9.17) is 10.5 Å². The lowest BCUT2D eigenvalue weighted by Crippen LogP contribution is -2.44. The summed E-state index contributed by atoms with van der Waals surface area (Å²) in [7, 11) is 0. The lowest BCUT2D eigenvalue weighted by molar-refractivity contribution is 0.0158. The Morgan fingerprint density at radius 2 is 1.83 bits per heavy atom. The maximum atomic E-state index is 6.01. The molecule has 2 aliphatic rings. The van der Waals surface area contributed by atoms with Gasteiger partial charge in [-0.05, 0) is 58.4 Å². The van der Waals surface area contributed by atoms with E-state index < -0.39 is 0 Å². The summed E-state index contributed by atoms with van der Waals surface area (Å²) in [4.78, 5) is 2.68. The molecule has 2 N–H and O–H groups in total. The molecule has 1 heterocycles. The minimum absolute atomic E-state index is 0.451. The van der Waals surface area contributed by atoms with Crippen LogP contribution in [-0.2, 0) is 4.74 Å². The predicted octanol–water partition coefficient (Wildman–Crippen LogP) is 2.54. The summed E-state index contributed by atoms with van der Waals surface area (Å²) in [5.41, 5.74) is 6.01. The van der Waals surface area contributed by atoms with Crippen molar-refractivity contribution in [2.45, 2.75) is 83.1 Å². The van der Waals surface area contributed by atoms with E-state index in [0.717, 1.165) is 12.6 Å². The van der Waals surface area contributed by atoms with Crippen LogP contribution in [0.25, 0.3) is 0 Å². The minimum Gasteiger partial charge on any atom is -0.374 e. The molecule has 2 unspecified atom stereocenters. The summed E-state index contributed by atoms with van der Waals surface area (Å²) < 4.78 is 5.98. The maximum Gasteiger partial charge on any atom is 0.0706 e. The second-order valence-corrected chi connectivity index (χ2v) is 6.21. The van der Waals surface area contributed by atoms with Gasteiger partial charge < -0.3 is 10.5 Å². The molecule has 3 heteroatoms. The van der Waals surface area contributed by atoms with Gasteiger partial charge in [0.05, 0.1) is 12.2 Å². The van der Waals surface area contributed by atoms with Crippen molar-refractivity contribution in [3.8, 4) is 0 Å². The molecule has 0 amide bonds. The van der Waals surface area contributed by atoms with Crippen LogP contribution in [0.3, 0.4) is 0 Å². The van der Waals surface area contributed by atoms with Gasteiger partial charge in [0.15, 0.2) is 0 Å². The molecule has 1 saturated heterocycles. The van der Waals surface area contributed by atoms with Crippen molar-refractivity contribution in [2.75, 3.05) is 13.1 Å². The number of rotatable bonds is 5. The largest absolute Gasteiger partial charge is 0.374 e. The Labute approximate surface area is 112 Å². The highest BCUT2D eigenvalue weighted by molar-refractivity contribution is 4.83. The van der Waals surface area contributed by atoms with Crippen LogP contribution in [0.1, 0.15) is 58.8 Å². The Morgan fingerprint density at radius 1 is 1.11 bits per heavy atom. The summed E-state index contributed by atoms with van der Waals surface area (Å²) in [6.45, 7) is 6.83.